The Morgan fingerprint density at radius 1 is 1.07 bits per heavy atom. The summed E-state index contributed by atoms with van der Waals surface area (Å²) in [5.41, 5.74) is 4.05. The minimum absolute atomic E-state index is 0.0919. The van der Waals surface area contributed by atoms with Gasteiger partial charge in [-0.25, -0.2) is 0 Å². The van der Waals surface area contributed by atoms with Crippen molar-refractivity contribution in [2.24, 2.45) is 0 Å². The maximum Gasteiger partial charge on any atom is 0.255 e. The predicted molar refractivity (Wildman–Crippen MR) is 113 cm³/mol. The first-order valence-corrected chi connectivity index (χ1v) is 9.68. The molecule has 0 N–H and O–H groups in total. The van der Waals surface area contributed by atoms with Gasteiger partial charge >= 0.3 is 0 Å². The van der Waals surface area contributed by atoms with E-state index in [1.807, 2.05) is 30.5 Å². The molecule has 0 atom stereocenters. The van der Waals surface area contributed by atoms with Crippen LogP contribution in [0.25, 0.3) is 0 Å². The lowest BCUT2D eigenvalue weighted by Crippen LogP contribution is -2.34. The van der Waals surface area contributed by atoms with Crippen LogP contribution in [0.4, 0.5) is 0 Å². The summed E-state index contributed by atoms with van der Waals surface area (Å²) in [5.74, 6) is -0.0919. The maximum atomic E-state index is 13.1. The molecule has 0 spiro atoms. The van der Waals surface area contributed by atoms with Crippen molar-refractivity contribution in [3.05, 3.63) is 94.3 Å². The molecular weight excluding hydrogens is 372 g/mol. The quantitative estimate of drug-likeness (QED) is 0.548. The Labute approximate surface area is 171 Å². The highest BCUT2D eigenvalue weighted by Gasteiger charge is 2.19. The number of ether oxygens (including phenoxy) is 1. The lowest BCUT2D eigenvalue weighted by Gasteiger charge is -2.24. The van der Waals surface area contributed by atoms with Crippen molar-refractivity contribution in [3.8, 4) is 0 Å². The molecule has 0 saturated carbocycles. The Bertz CT molecular complexity index is 918. The molecular formula is C23H25ClN2O2. The molecule has 1 amide bonds. The number of halogens is 1. The van der Waals surface area contributed by atoms with Crippen LogP contribution in [0.15, 0.2) is 66.9 Å². The number of nitrogens with zero attached hydrogens (tertiary/aromatic N) is 2. The highest BCUT2D eigenvalue weighted by Crippen LogP contribution is 2.19. The van der Waals surface area contributed by atoms with E-state index in [2.05, 4.69) is 35.8 Å². The van der Waals surface area contributed by atoms with Crippen LogP contribution in [0.2, 0.25) is 5.02 Å². The highest BCUT2D eigenvalue weighted by molar-refractivity contribution is 6.33. The average Bonchev–Trinajstić information content (AvgIpc) is 3.13. The summed E-state index contributed by atoms with van der Waals surface area (Å²) in [5, 5.41) is 0.463. The number of hydrogen-bond donors (Lipinski definition) is 0. The van der Waals surface area contributed by atoms with E-state index in [-0.39, 0.29) is 5.91 Å². The number of methoxy groups -OCH3 is 1. The fraction of sp³-hybridized carbons (Fsp3) is 0.261. The summed E-state index contributed by atoms with van der Waals surface area (Å²) in [6.45, 7) is 4.30. The van der Waals surface area contributed by atoms with Crippen LogP contribution in [0, 0.1) is 6.92 Å². The average molecular weight is 397 g/mol. The molecule has 3 aromatic rings. The van der Waals surface area contributed by atoms with E-state index in [0.29, 0.717) is 30.3 Å². The van der Waals surface area contributed by atoms with Gasteiger partial charge in [0.15, 0.2) is 0 Å². The molecule has 0 aliphatic heterocycles. The van der Waals surface area contributed by atoms with Gasteiger partial charge < -0.3 is 14.2 Å². The minimum atomic E-state index is -0.0919. The maximum absolute atomic E-state index is 13.1. The van der Waals surface area contributed by atoms with Crippen LogP contribution >= 0.6 is 11.6 Å². The lowest BCUT2D eigenvalue weighted by atomic mass is 10.1. The molecule has 0 radical (unpaired) electrons. The van der Waals surface area contributed by atoms with Crippen LogP contribution < -0.4 is 0 Å². The molecule has 2 aromatic carbocycles. The molecule has 5 heteroatoms. The monoisotopic (exact) mass is 396 g/mol. The second-order valence-corrected chi connectivity index (χ2v) is 7.22. The highest BCUT2D eigenvalue weighted by atomic mass is 35.5. The van der Waals surface area contributed by atoms with Gasteiger partial charge in [-0.1, -0.05) is 53.6 Å². The summed E-state index contributed by atoms with van der Waals surface area (Å²) in [6, 6.07) is 19.7. The second-order valence-electron chi connectivity index (χ2n) is 6.81. The third-order valence-electron chi connectivity index (χ3n) is 4.71. The first kappa shape index (κ1) is 20.2. The molecule has 4 nitrogen and oxygen atoms in total. The number of hydrogen-bond acceptors (Lipinski definition) is 2. The molecule has 1 aromatic heterocycles. The van der Waals surface area contributed by atoms with Crippen molar-refractivity contribution in [1.82, 2.24) is 9.47 Å². The zero-order valence-corrected chi connectivity index (χ0v) is 17.0. The van der Waals surface area contributed by atoms with Gasteiger partial charge in [0.05, 0.1) is 23.7 Å². The van der Waals surface area contributed by atoms with E-state index in [4.69, 9.17) is 16.3 Å². The Morgan fingerprint density at radius 2 is 1.82 bits per heavy atom. The molecule has 3 rings (SSSR count). The van der Waals surface area contributed by atoms with Crippen LogP contribution in [-0.2, 0) is 17.8 Å². The fourth-order valence-corrected chi connectivity index (χ4v) is 3.31. The Balaban J connectivity index is 1.80. The van der Waals surface area contributed by atoms with Gasteiger partial charge in [0.1, 0.15) is 0 Å². The van der Waals surface area contributed by atoms with Gasteiger partial charge in [0.25, 0.3) is 5.91 Å². The molecule has 0 saturated heterocycles. The molecule has 0 aliphatic rings. The van der Waals surface area contributed by atoms with Crippen LogP contribution in [0.1, 0.15) is 27.2 Å². The van der Waals surface area contributed by atoms with E-state index in [0.717, 1.165) is 12.2 Å². The van der Waals surface area contributed by atoms with E-state index >= 15 is 0 Å². The molecule has 0 aliphatic carbocycles. The van der Waals surface area contributed by atoms with Crippen molar-refractivity contribution < 1.29 is 9.53 Å². The normalized spacial score (nSPS) is 10.8. The molecule has 28 heavy (non-hydrogen) atoms. The van der Waals surface area contributed by atoms with E-state index < -0.39 is 0 Å². The predicted octanol–water partition coefficient (Wildman–Crippen LogP) is 4.79. The van der Waals surface area contributed by atoms with Gasteiger partial charge in [-0.3, -0.25) is 4.79 Å². The molecule has 0 fully saturated rings. The Morgan fingerprint density at radius 3 is 2.54 bits per heavy atom. The van der Waals surface area contributed by atoms with E-state index in [1.165, 1.54) is 11.1 Å². The first-order valence-electron chi connectivity index (χ1n) is 9.31. The van der Waals surface area contributed by atoms with Crippen LogP contribution in [-0.4, -0.2) is 35.6 Å². The third kappa shape index (κ3) is 5.03. The van der Waals surface area contributed by atoms with Gasteiger partial charge in [0.2, 0.25) is 0 Å². The van der Waals surface area contributed by atoms with E-state index in [1.54, 1.807) is 24.1 Å². The number of aryl methyl sites for hydroxylation is 1. The molecule has 0 unspecified atom stereocenters. The number of carbonyl (C=O) groups is 1. The summed E-state index contributed by atoms with van der Waals surface area (Å²) in [4.78, 5) is 14.9. The number of amides is 1. The zero-order valence-electron chi connectivity index (χ0n) is 16.3. The number of aromatic nitrogens is 1. The van der Waals surface area contributed by atoms with Crippen LogP contribution in [0.3, 0.4) is 0 Å². The molecule has 146 valence electrons. The summed E-state index contributed by atoms with van der Waals surface area (Å²) >= 11 is 6.25. The second kappa shape index (κ2) is 9.58. The van der Waals surface area contributed by atoms with E-state index in [9.17, 15) is 4.79 Å². The number of benzene rings is 2. The van der Waals surface area contributed by atoms with Crippen molar-refractivity contribution in [1.29, 1.82) is 0 Å². The molecule has 0 bridgehead atoms. The smallest absolute Gasteiger partial charge is 0.255 e. The van der Waals surface area contributed by atoms with Crippen molar-refractivity contribution in [2.45, 2.75) is 20.0 Å². The third-order valence-corrected chi connectivity index (χ3v) is 5.04. The first-order chi connectivity index (χ1) is 13.6. The Kier molecular flexibility index (Phi) is 6.90. The van der Waals surface area contributed by atoms with Gasteiger partial charge in [-0.2, -0.15) is 0 Å². The largest absolute Gasteiger partial charge is 0.383 e. The lowest BCUT2D eigenvalue weighted by molar-refractivity contribution is 0.0676. The van der Waals surface area contributed by atoms with Crippen molar-refractivity contribution in [3.63, 3.8) is 0 Å². The zero-order chi connectivity index (χ0) is 19.9. The minimum Gasteiger partial charge on any atom is -0.383 e. The van der Waals surface area contributed by atoms with Crippen molar-refractivity contribution >= 4 is 17.5 Å². The van der Waals surface area contributed by atoms with Gasteiger partial charge in [-0.05, 0) is 36.8 Å². The summed E-state index contributed by atoms with van der Waals surface area (Å²) in [7, 11) is 1.64. The topological polar surface area (TPSA) is 34.5 Å². The summed E-state index contributed by atoms with van der Waals surface area (Å²) < 4.78 is 7.38. The van der Waals surface area contributed by atoms with Gasteiger partial charge in [-0.15, -0.1) is 0 Å². The Hall–Kier alpha value is -2.56. The molecule has 1 heterocycles. The van der Waals surface area contributed by atoms with Crippen molar-refractivity contribution in [2.75, 3.05) is 20.3 Å². The standard InChI is InChI=1S/C23H25ClN2O2/c1-18-9-11-19(12-10-18)16-25-13-5-6-20(25)17-26(14-15-28-2)23(27)21-7-3-4-8-22(21)24/h3-13H,14-17H2,1-2H3. The SMILES string of the molecule is COCCN(Cc1cccn1Cc1ccc(C)cc1)C(=O)c1ccccc1Cl. The number of carbonyl (C=O) groups excluding carboxylic acids is 1. The number of rotatable bonds is 8. The van der Waals surface area contributed by atoms with Gasteiger partial charge in [0, 0.05) is 32.1 Å². The summed E-state index contributed by atoms with van der Waals surface area (Å²) in [6.07, 6.45) is 2.05. The van der Waals surface area contributed by atoms with Crippen LogP contribution in [0.5, 0.6) is 0 Å². The fourth-order valence-electron chi connectivity index (χ4n) is 3.09.